The van der Waals surface area contributed by atoms with Crippen molar-refractivity contribution in [1.82, 2.24) is 4.90 Å². The van der Waals surface area contributed by atoms with Crippen molar-refractivity contribution in [2.24, 2.45) is 11.8 Å². The Morgan fingerprint density at radius 2 is 1.95 bits per heavy atom. The number of aliphatic hydroxyl groups is 1. The van der Waals surface area contributed by atoms with E-state index < -0.39 is 6.10 Å². The van der Waals surface area contributed by atoms with Crippen LogP contribution < -0.4 is 0 Å². The van der Waals surface area contributed by atoms with Crippen LogP contribution in [0.25, 0.3) is 0 Å². The molecule has 4 nitrogen and oxygen atoms in total. The minimum absolute atomic E-state index is 0.00430. The lowest BCUT2D eigenvalue weighted by molar-refractivity contribution is -0.138. The normalized spacial score (nSPS) is 26.2. The van der Waals surface area contributed by atoms with Gasteiger partial charge in [-0.1, -0.05) is 6.08 Å². The first-order chi connectivity index (χ1) is 8.97. The van der Waals surface area contributed by atoms with Crippen LogP contribution in [0, 0.1) is 11.8 Å². The molecule has 1 amide bonds. The number of hydrogen-bond donors (Lipinski definition) is 1. The third-order valence-electron chi connectivity index (χ3n) is 3.91. The second-order valence-corrected chi connectivity index (χ2v) is 5.49. The molecule has 0 spiro atoms. The Labute approximate surface area is 115 Å². The molecule has 108 valence electrons. The summed E-state index contributed by atoms with van der Waals surface area (Å²) in [5.41, 5.74) is 0. The standard InChI is InChI=1S/C15H25NO3/c1-4-5-6-7-8-16(3)15(19)14-10-12(18)9-13(14)11(2)17/h4,12-14,18H,1,5-10H2,2-3H3/t12-,13+,14-/m1/s1. The van der Waals surface area contributed by atoms with Crippen LogP contribution in [0.3, 0.4) is 0 Å². The first-order valence-electron chi connectivity index (χ1n) is 7.01. The van der Waals surface area contributed by atoms with Gasteiger partial charge in [0.2, 0.25) is 5.91 Å². The number of Topliss-reactive ketones (excluding diaryl/α,β-unsaturated/α-hetero) is 1. The summed E-state index contributed by atoms with van der Waals surface area (Å²) >= 11 is 0. The van der Waals surface area contributed by atoms with Crippen molar-refractivity contribution >= 4 is 11.7 Å². The molecule has 1 aliphatic carbocycles. The number of allylic oxidation sites excluding steroid dienone is 1. The van der Waals surface area contributed by atoms with E-state index in [1.807, 2.05) is 6.08 Å². The highest BCUT2D eigenvalue weighted by molar-refractivity contribution is 5.88. The van der Waals surface area contributed by atoms with Crippen molar-refractivity contribution in [3.05, 3.63) is 12.7 Å². The summed E-state index contributed by atoms with van der Waals surface area (Å²) in [7, 11) is 1.78. The number of amides is 1. The summed E-state index contributed by atoms with van der Waals surface area (Å²) in [4.78, 5) is 25.5. The van der Waals surface area contributed by atoms with E-state index in [0.29, 0.717) is 19.4 Å². The van der Waals surface area contributed by atoms with Crippen molar-refractivity contribution < 1.29 is 14.7 Å². The van der Waals surface area contributed by atoms with E-state index in [2.05, 4.69) is 6.58 Å². The van der Waals surface area contributed by atoms with Crippen molar-refractivity contribution in [2.75, 3.05) is 13.6 Å². The number of hydrogen-bond acceptors (Lipinski definition) is 3. The summed E-state index contributed by atoms with van der Waals surface area (Å²) < 4.78 is 0. The first-order valence-corrected chi connectivity index (χ1v) is 7.01. The molecule has 3 atom stereocenters. The van der Waals surface area contributed by atoms with Gasteiger partial charge in [-0.25, -0.2) is 0 Å². The number of carbonyl (C=O) groups excluding carboxylic acids is 2. The summed E-state index contributed by atoms with van der Waals surface area (Å²) in [6.07, 6.45) is 5.12. The Balaban J connectivity index is 2.50. The maximum Gasteiger partial charge on any atom is 0.226 e. The summed E-state index contributed by atoms with van der Waals surface area (Å²) in [5.74, 6) is -0.639. The van der Waals surface area contributed by atoms with Gasteiger partial charge in [-0.05, 0) is 39.0 Å². The molecule has 0 aliphatic heterocycles. The number of aliphatic hydroxyl groups excluding tert-OH is 1. The Morgan fingerprint density at radius 3 is 2.53 bits per heavy atom. The summed E-state index contributed by atoms with van der Waals surface area (Å²) in [5, 5.41) is 9.66. The van der Waals surface area contributed by atoms with Crippen LogP contribution in [0.4, 0.5) is 0 Å². The fourth-order valence-corrected chi connectivity index (χ4v) is 2.76. The van der Waals surface area contributed by atoms with Gasteiger partial charge >= 0.3 is 0 Å². The highest BCUT2D eigenvalue weighted by Crippen LogP contribution is 2.34. The van der Waals surface area contributed by atoms with E-state index in [1.54, 1.807) is 11.9 Å². The van der Waals surface area contributed by atoms with Gasteiger partial charge in [0.25, 0.3) is 0 Å². The molecular formula is C15H25NO3. The third kappa shape index (κ3) is 4.46. The number of unbranched alkanes of at least 4 members (excludes halogenated alkanes) is 2. The predicted molar refractivity (Wildman–Crippen MR) is 74.6 cm³/mol. The van der Waals surface area contributed by atoms with Crippen LogP contribution in [0.15, 0.2) is 12.7 Å². The van der Waals surface area contributed by atoms with Gasteiger partial charge in [0.05, 0.1) is 12.0 Å². The lowest BCUT2D eigenvalue weighted by Crippen LogP contribution is -2.37. The molecule has 1 N–H and O–H groups in total. The zero-order valence-corrected chi connectivity index (χ0v) is 12.0. The average Bonchev–Trinajstić information content (AvgIpc) is 2.75. The maximum atomic E-state index is 12.3. The van der Waals surface area contributed by atoms with Gasteiger partial charge in [0.1, 0.15) is 5.78 Å². The van der Waals surface area contributed by atoms with Crippen molar-refractivity contribution in [3.63, 3.8) is 0 Å². The van der Waals surface area contributed by atoms with Gasteiger partial charge < -0.3 is 10.0 Å². The number of carbonyl (C=O) groups is 2. The molecule has 0 aromatic heterocycles. The lowest BCUT2D eigenvalue weighted by Gasteiger charge is -2.23. The van der Waals surface area contributed by atoms with Crippen LogP contribution in [0.2, 0.25) is 0 Å². The van der Waals surface area contributed by atoms with Crippen LogP contribution in [0.5, 0.6) is 0 Å². The topological polar surface area (TPSA) is 57.6 Å². The smallest absolute Gasteiger partial charge is 0.226 e. The predicted octanol–water partition coefficient (Wildman–Crippen LogP) is 1.78. The Hall–Kier alpha value is -1.16. The largest absolute Gasteiger partial charge is 0.393 e. The molecule has 0 heterocycles. The van der Waals surface area contributed by atoms with Crippen LogP contribution in [0.1, 0.15) is 39.0 Å². The Kier molecular flexibility index (Phi) is 6.22. The molecule has 0 bridgehead atoms. The number of nitrogens with zero attached hydrogens (tertiary/aromatic N) is 1. The van der Waals surface area contributed by atoms with E-state index in [-0.39, 0.29) is 23.5 Å². The third-order valence-corrected chi connectivity index (χ3v) is 3.91. The quantitative estimate of drug-likeness (QED) is 0.565. The van der Waals surface area contributed by atoms with Gasteiger partial charge in [0.15, 0.2) is 0 Å². The van der Waals surface area contributed by atoms with Crippen molar-refractivity contribution in [2.45, 2.75) is 45.1 Å². The zero-order chi connectivity index (χ0) is 14.4. The molecule has 0 radical (unpaired) electrons. The van der Waals surface area contributed by atoms with E-state index in [4.69, 9.17) is 0 Å². The van der Waals surface area contributed by atoms with Gasteiger partial charge in [-0.15, -0.1) is 6.58 Å². The monoisotopic (exact) mass is 267 g/mol. The summed E-state index contributed by atoms with van der Waals surface area (Å²) in [6.45, 7) is 5.87. The van der Waals surface area contributed by atoms with Crippen molar-refractivity contribution in [3.8, 4) is 0 Å². The molecule has 0 aromatic rings. The second-order valence-electron chi connectivity index (χ2n) is 5.49. The van der Waals surface area contributed by atoms with Crippen LogP contribution >= 0.6 is 0 Å². The van der Waals surface area contributed by atoms with Gasteiger partial charge in [-0.2, -0.15) is 0 Å². The molecule has 1 fully saturated rings. The molecule has 4 heteroatoms. The zero-order valence-electron chi connectivity index (χ0n) is 12.0. The minimum atomic E-state index is -0.517. The van der Waals surface area contributed by atoms with Crippen LogP contribution in [-0.2, 0) is 9.59 Å². The molecule has 19 heavy (non-hydrogen) atoms. The van der Waals surface area contributed by atoms with Gasteiger partial charge in [-0.3, -0.25) is 9.59 Å². The molecule has 1 aliphatic rings. The van der Waals surface area contributed by atoms with Gasteiger partial charge in [0, 0.05) is 19.5 Å². The minimum Gasteiger partial charge on any atom is -0.393 e. The van der Waals surface area contributed by atoms with Crippen molar-refractivity contribution in [1.29, 1.82) is 0 Å². The van der Waals surface area contributed by atoms with E-state index >= 15 is 0 Å². The fourth-order valence-electron chi connectivity index (χ4n) is 2.76. The average molecular weight is 267 g/mol. The van der Waals surface area contributed by atoms with E-state index in [9.17, 15) is 14.7 Å². The van der Waals surface area contributed by atoms with Crippen LogP contribution in [-0.4, -0.2) is 41.4 Å². The maximum absolute atomic E-state index is 12.3. The highest BCUT2D eigenvalue weighted by Gasteiger charge is 2.41. The first kappa shape index (κ1) is 15.9. The Bertz CT molecular complexity index is 340. The molecule has 1 rings (SSSR count). The fraction of sp³-hybridized carbons (Fsp3) is 0.733. The lowest BCUT2D eigenvalue weighted by atomic mass is 9.91. The number of ketones is 1. The highest BCUT2D eigenvalue weighted by atomic mass is 16.3. The molecule has 0 aromatic carbocycles. The summed E-state index contributed by atoms with van der Waals surface area (Å²) in [6, 6.07) is 0. The van der Waals surface area contributed by atoms with E-state index in [0.717, 1.165) is 19.3 Å². The van der Waals surface area contributed by atoms with E-state index in [1.165, 1.54) is 6.92 Å². The second kappa shape index (κ2) is 7.43. The molecular weight excluding hydrogens is 242 g/mol. The Morgan fingerprint density at radius 1 is 1.32 bits per heavy atom. The molecule has 0 saturated heterocycles. The molecule has 0 unspecified atom stereocenters. The SMILES string of the molecule is C=CCCCCN(C)C(=O)[C@@H]1C[C@H](O)C[C@H]1C(C)=O. The molecule has 1 saturated carbocycles. The number of rotatable bonds is 7.